The maximum absolute atomic E-state index is 4.89. The van der Waals surface area contributed by atoms with Crippen LogP contribution in [0.15, 0.2) is 48.5 Å². The minimum absolute atomic E-state index is 0.323. The first kappa shape index (κ1) is 21.0. The number of halogens is 2. The van der Waals surface area contributed by atoms with Gasteiger partial charge in [0, 0.05) is 0 Å². The molecule has 2 rings (SSSR count). The molecular weight excluding hydrogens is 335 g/mol. The first-order valence-electron chi connectivity index (χ1n) is 7.03. The zero-order valence-electron chi connectivity index (χ0n) is 13.9. The molecule has 0 radical (unpaired) electrons. The van der Waals surface area contributed by atoms with E-state index in [-0.39, 0.29) is 0 Å². The van der Waals surface area contributed by atoms with E-state index >= 15 is 0 Å². The fourth-order valence-corrected chi connectivity index (χ4v) is 1.75. The van der Waals surface area contributed by atoms with Crippen molar-refractivity contribution in [3.8, 4) is 0 Å². The van der Waals surface area contributed by atoms with Gasteiger partial charge in [0.15, 0.2) is 0 Å². The van der Waals surface area contributed by atoms with Gasteiger partial charge >= 0.3 is 35.6 Å². The maximum atomic E-state index is 4.89. The van der Waals surface area contributed by atoms with E-state index in [1.165, 1.54) is 11.1 Å². The first-order valence-corrected chi connectivity index (χ1v) is 11.3. The van der Waals surface area contributed by atoms with Crippen LogP contribution in [0, 0.1) is 0 Å². The van der Waals surface area contributed by atoms with Crippen LogP contribution in [0.1, 0.15) is 52.7 Å². The molecule has 0 amide bonds. The van der Waals surface area contributed by atoms with Crippen molar-refractivity contribution in [1.82, 2.24) is 0 Å². The quantitative estimate of drug-likeness (QED) is 0.358. The summed E-state index contributed by atoms with van der Waals surface area (Å²) in [7, 11) is 9.78. The van der Waals surface area contributed by atoms with E-state index in [2.05, 4.69) is 90.1 Å². The number of hydrogen-bond donors (Lipinski definition) is 0. The van der Waals surface area contributed by atoms with Gasteiger partial charge in [0.25, 0.3) is 0 Å². The summed E-state index contributed by atoms with van der Waals surface area (Å²) in [4.78, 5) is 0. The molecule has 0 bridgehead atoms. The molecule has 0 atom stereocenters. The fourth-order valence-electron chi connectivity index (χ4n) is 1.75. The third-order valence-electron chi connectivity index (χ3n) is 3.06. The molecule has 0 saturated carbocycles. The molecule has 0 heterocycles. The van der Waals surface area contributed by atoms with Crippen LogP contribution in [0.3, 0.4) is 0 Å². The SMILES string of the molecule is CC(C)(C)[c-]1cccc1.CC(C)(C)[c-]1cccc1.[Cl][Ti][Cl]. The predicted molar refractivity (Wildman–Crippen MR) is 93.2 cm³/mol. The van der Waals surface area contributed by atoms with Gasteiger partial charge in [-0.15, -0.1) is 0 Å². The molecule has 21 heavy (non-hydrogen) atoms. The van der Waals surface area contributed by atoms with Crippen LogP contribution >= 0.6 is 18.6 Å². The summed E-state index contributed by atoms with van der Waals surface area (Å²) in [5.41, 5.74) is 3.48. The van der Waals surface area contributed by atoms with Crippen molar-refractivity contribution in [1.29, 1.82) is 0 Å². The molecule has 0 spiro atoms. The molecule has 2 aromatic rings. The minimum atomic E-state index is -0.556. The van der Waals surface area contributed by atoms with Crippen LogP contribution < -0.4 is 0 Å². The third-order valence-corrected chi connectivity index (χ3v) is 3.06. The predicted octanol–water partition coefficient (Wildman–Crippen LogP) is 6.78. The summed E-state index contributed by atoms with van der Waals surface area (Å²) < 4.78 is 0. The van der Waals surface area contributed by atoms with Gasteiger partial charge < -0.3 is 0 Å². The summed E-state index contributed by atoms with van der Waals surface area (Å²) in [6, 6.07) is 17.0. The summed E-state index contributed by atoms with van der Waals surface area (Å²) in [5.74, 6) is 0. The Balaban J connectivity index is 0.000000322. The van der Waals surface area contributed by atoms with Crippen molar-refractivity contribution in [3.05, 3.63) is 59.7 Å². The van der Waals surface area contributed by atoms with Gasteiger partial charge in [0.2, 0.25) is 0 Å². The molecule has 0 aliphatic rings. The third kappa shape index (κ3) is 9.58. The standard InChI is InChI=1S/2C9H13.2ClH.Ti/c2*1-9(2,3)8-6-4-5-7-8;;;/h2*4-7H,1-3H3;2*1H;/q2*-1;;;+2/p-2. The summed E-state index contributed by atoms with van der Waals surface area (Å²) >= 11 is -0.556. The molecule has 0 N–H and O–H groups in total. The van der Waals surface area contributed by atoms with E-state index in [0.717, 1.165) is 0 Å². The molecule has 2 aromatic carbocycles. The molecular formula is C18H26Cl2Ti-2. The average molecular weight is 361 g/mol. The van der Waals surface area contributed by atoms with E-state index in [1.807, 2.05) is 0 Å². The van der Waals surface area contributed by atoms with Gasteiger partial charge in [-0.05, 0) is 0 Å². The van der Waals surface area contributed by atoms with E-state index in [0.29, 0.717) is 10.8 Å². The van der Waals surface area contributed by atoms with Crippen molar-refractivity contribution >= 4 is 18.6 Å². The number of rotatable bonds is 0. The normalized spacial score (nSPS) is 10.9. The van der Waals surface area contributed by atoms with Crippen LogP contribution in [0.25, 0.3) is 0 Å². The van der Waals surface area contributed by atoms with Gasteiger partial charge in [0.05, 0.1) is 0 Å². The Bertz CT molecular complexity index is 398. The van der Waals surface area contributed by atoms with Crippen LogP contribution in [-0.2, 0) is 27.9 Å². The summed E-state index contributed by atoms with van der Waals surface area (Å²) in [5, 5.41) is 0. The molecule has 0 saturated heterocycles. The van der Waals surface area contributed by atoms with Gasteiger partial charge in [-0.1, -0.05) is 52.4 Å². The van der Waals surface area contributed by atoms with Crippen molar-refractivity contribution in [2.24, 2.45) is 0 Å². The topological polar surface area (TPSA) is 0 Å². The van der Waals surface area contributed by atoms with Gasteiger partial charge in [0.1, 0.15) is 0 Å². The molecule has 118 valence electrons. The molecule has 3 heteroatoms. The van der Waals surface area contributed by atoms with Gasteiger partial charge in [-0.2, -0.15) is 35.4 Å². The van der Waals surface area contributed by atoms with Crippen LogP contribution in [0.4, 0.5) is 0 Å². The Hall–Kier alpha value is -0.00571. The van der Waals surface area contributed by atoms with Crippen molar-refractivity contribution in [2.75, 3.05) is 0 Å². The first-order chi connectivity index (χ1) is 9.62. The summed E-state index contributed by atoms with van der Waals surface area (Å²) in [6.45, 7) is 13.3. The second kappa shape index (κ2) is 9.90. The van der Waals surface area contributed by atoms with Crippen LogP contribution in [0.5, 0.6) is 0 Å². The monoisotopic (exact) mass is 360 g/mol. The zero-order valence-corrected chi connectivity index (χ0v) is 16.9. The Morgan fingerprint density at radius 3 is 0.905 bits per heavy atom. The average Bonchev–Trinajstić information content (AvgIpc) is 3.03. The Labute approximate surface area is 147 Å². The second-order valence-corrected chi connectivity index (χ2v) is 9.50. The van der Waals surface area contributed by atoms with E-state index < -0.39 is 17.0 Å². The zero-order chi connectivity index (χ0) is 16.5. The van der Waals surface area contributed by atoms with E-state index in [9.17, 15) is 0 Å². The van der Waals surface area contributed by atoms with Gasteiger partial charge in [-0.3, -0.25) is 0 Å². The Morgan fingerprint density at radius 1 is 0.619 bits per heavy atom. The molecule has 0 fully saturated rings. The van der Waals surface area contributed by atoms with Crippen molar-refractivity contribution in [2.45, 2.75) is 52.4 Å². The molecule has 0 aliphatic carbocycles. The van der Waals surface area contributed by atoms with Crippen molar-refractivity contribution in [3.63, 3.8) is 0 Å². The summed E-state index contributed by atoms with van der Waals surface area (Å²) in [6.07, 6.45) is 0. The Morgan fingerprint density at radius 2 is 0.810 bits per heavy atom. The Kier molecular flexibility index (Phi) is 9.90. The van der Waals surface area contributed by atoms with Crippen LogP contribution in [-0.4, -0.2) is 0 Å². The van der Waals surface area contributed by atoms with Crippen molar-refractivity contribution < 1.29 is 17.0 Å². The molecule has 0 unspecified atom stereocenters. The number of hydrogen-bond acceptors (Lipinski definition) is 0. The van der Waals surface area contributed by atoms with E-state index in [1.54, 1.807) is 0 Å². The van der Waals surface area contributed by atoms with E-state index in [4.69, 9.17) is 18.6 Å². The molecule has 0 aliphatic heterocycles. The van der Waals surface area contributed by atoms with Gasteiger partial charge in [-0.25, -0.2) is 24.3 Å². The molecule has 0 aromatic heterocycles. The fraction of sp³-hybridized carbons (Fsp3) is 0.444. The van der Waals surface area contributed by atoms with Crippen LogP contribution in [0.2, 0.25) is 0 Å². The second-order valence-electron chi connectivity index (χ2n) is 6.92. The molecule has 0 nitrogen and oxygen atoms in total.